The Bertz CT molecular complexity index is 1060. The normalized spacial score (nSPS) is 28.2. The Labute approximate surface area is 181 Å². The van der Waals surface area contributed by atoms with Gasteiger partial charge in [-0.3, -0.25) is 4.79 Å². The number of nitrogens with one attached hydrogen (secondary N) is 1. The molecule has 4 bridgehead atoms. The summed E-state index contributed by atoms with van der Waals surface area (Å²) in [4.78, 5) is 25.4. The van der Waals surface area contributed by atoms with Gasteiger partial charge in [-0.15, -0.1) is 0 Å². The van der Waals surface area contributed by atoms with Gasteiger partial charge in [-0.1, -0.05) is 0 Å². The Morgan fingerprint density at radius 2 is 1.71 bits per heavy atom. The molecule has 7 heteroatoms. The Morgan fingerprint density at radius 3 is 2.23 bits per heavy atom. The van der Waals surface area contributed by atoms with Gasteiger partial charge in [0.05, 0.1) is 23.8 Å². The van der Waals surface area contributed by atoms with Crippen molar-refractivity contribution in [2.24, 2.45) is 23.2 Å². The van der Waals surface area contributed by atoms with E-state index in [4.69, 9.17) is 10.5 Å². The number of amides is 1. The van der Waals surface area contributed by atoms with E-state index in [1.807, 2.05) is 18.2 Å². The van der Waals surface area contributed by atoms with E-state index in [0.717, 1.165) is 24.9 Å². The van der Waals surface area contributed by atoms with E-state index < -0.39 is 5.97 Å². The van der Waals surface area contributed by atoms with Crippen molar-refractivity contribution in [2.45, 2.75) is 38.5 Å². The molecule has 0 atom stereocenters. The molecule has 4 aliphatic carbocycles. The van der Waals surface area contributed by atoms with Crippen molar-refractivity contribution in [2.75, 3.05) is 18.2 Å². The predicted octanol–water partition coefficient (Wildman–Crippen LogP) is 3.87. The van der Waals surface area contributed by atoms with Crippen LogP contribution >= 0.6 is 0 Å². The molecule has 0 spiro atoms. The molecule has 2 aromatic rings. The lowest BCUT2D eigenvalue weighted by Crippen LogP contribution is -2.51. The first-order chi connectivity index (χ1) is 14.9. The van der Waals surface area contributed by atoms with Crippen molar-refractivity contribution in [1.82, 2.24) is 4.57 Å². The Kier molecular flexibility index (Phi) is 4.54. The number of nitrogens with two attached hydrogens (primary N) is 1. The maximum atomic E-state index is 13.3. The summed E-state index contributed by atoms with van der Waals surface area (Å²) < 4.78 is 6.37. The van der Waals surface area contributed by atoms with Crippen molar-refractivity contribution in [3.05, 3.63) is 41.7 Å². The van der Waals surface area contributed by atoms with Crippen LogP contribution in [0, 0.1) is 34.5 Å². The number of esters is 1. The van der Waals surface area contributed by atoms with E-state index in [0.29, 0.717) is 23.4 Å². The summed E-state index contributed by atoms with van der Waals surface area (Å²) in [6.45, 7) is 0. The molecular weight excluding hydrogens is 392 g/mol. The van der Waals surface area contributed by atoms with Gasteiger partial charge in [-0.2, -0.15) is 5.26 Å². The van der Waals surface area contributed by atoms with E-state index in [2.05, 4.69) is 5.32 Å². The number of ether oxygens (including phenoxy) is 1. The van der Waals surface area contributed by atoms with Crippen LogP contribution < -0.4 is 11.1 Å². The molecule has 0 saturated heterocycles. The number of nitrogen functional groups attached to an aromatic ring is 1. The van der Waals surface area contributed by atoms with Gasteiger partial charge < -0.3 is 20.4 Å². The third kappa shape index (κ3) is 3.18. The van der Waals surface area contributed by atoms with Gasteiger partial charge >= 0.3 is 5.97 Å². The van der Waals surface area contributed by atoms with Gasteiger partial charge in [0.25, 0.3) is 0 Å². The highest BCUT2D eigenvalue weighted by atomic mass is 16.5. The lowest BCUT2D eigenvalue weighted by molar-refractivity contribution is -0.140. The third-order valence-electron chi connectivity index (χ3n) is 7.47. The van der Waals surface area contributed by atoms with Crippen LogP contribution in [0.2, 0.25) is 0 Å². The number of nitriles is 1. The van der Waals surface area contributed by atoms with Crippen molar-refractivity contribution >= 4 is 23.3 Å². The Balaban J connectivity index is 1.38. The van der Waals surface area contributed by atoms with E-state index in [1.54, 1.807) is 16.7 Å². The number of benzene rings is 1. The third-order valence-corrected chi connectivity index (χ3v) is 7.47. The molecular formula is C24H26N4O3. The monoisotopic (exact) mass is 418 g/mol. The molecule has 7 nitrogen and oxygen atoms in total. The summed E-state index contributed by atoms with van der Waals surface area (Å²) in [5.41, 5.74) is 7.56. The summed E-state index contributed by atoms with van der Waals surface area (Å²) in [7, 11) is 1.27. The molecule has 1 aromatic heterocycles. The van der Waals surface area contributed by atoms with Gasteiger partial charge in [-0.05, 0) is 80.5 Å². The molecule has 3 N–H and O–H groups in total. The SMILES string of the molecule is COC(=O)c1c(N)c(C#N)cn1-c1ccc(NC(=O)C23CC4CC(CC(C4)C2)C3)cc1. The first kappa shape index (κ1) is 19.7. The number of aromatic nitrogens is 1. The summed E-state index contributed by atoms with van der Waals surface area (Å²) in [5.74, 6) is 1.67. The van der Waals surface area contributed by atoms with Crippen LogP contribution in [0.25, 0.3) is 5.69 Å². The number of hydrogen-bond acceptors (Lipinski definition) is 5. The predicted molar refractivity (Wildman–Crippen MR) is 115 cm³/mol. The maximum absolute atomic E-state index is 13.3. The maximum Gasteiger partial charge on any atom is 0.357 e. The molecule has 0 radical (unpaired) electrons. The minimum absolute atomic E-state index is 0.0912. The lowest BCUT2D eigenvalue weighted by atomic mass is 9.49. The first-order valence-electron chi connectivity index (χ1n) is 10.8. The lowest BCUT2D eigenvalue weighted by Gasteiger charge is -2.55. The van der Waals surface area contributed by atoms with Gasteiger partial charge in [0.2, 0.25) is 5.91 Å². The number of rotatable bonds is 4. The number of methoxy groups -OCH3 is 1. The molecule has 6 rings (SSSR count). The van der Waals surface area contributed by atoms with Crippen LogP contribution in [0.1, 0.15) is 54.6 Å². The number of carbonyl (C=O) groups excluding carboxylic acids is 2. The molecule has 4 saturated carbocycles. The van der Waals surface area contributed by atoms with Crippen LogP contribution in [0.5, 0.6) is 0 Å². The topological polar surface area (TPSA) is 110 Å². The van der Waals surface area contributed by atoms with Crippen LogP contribution in [0.4, 0.5) is 11.4 Å². The number of carbonyl (C=O) groups is 2. The second kappa shape index (κ2) is 7.16. The number of anilines is 2. The van der Waals surface area contributed by atoms with Crippen LogP contribution in [-0.4, -0.2) is 23.6 Å². The summed E-state index contributed by atoms with van der Waals surface area (Å²) in [6, 6.07) is 9.22. The number of nitrogens with zero attached hydrogens (tertiary/aromatic N) is 2. The summed E-state index contributed by atoms with van der Waals surface area (Å²) in [6.07, 6.45) is 8.48. The largest absolute Gasteiger partial charge is 0.464 e. The average molecular weight is 418 g/mol. The Morgan fingerprint density at radius 1 is 1.13 bits per heavy atom. The van der Waals surface area contributed by atoms with E-state index in [-0.39, 0.29) is 28.3 Å². The minimum atomic E-state index is -0.613. The van der Waals surface area contributed by atoms with Crippen molar-refractivity contribution < 1.29 is 14.3 Å². The molecule has 1 amide bonds. The highest BCUT2D eigenvalue weighted by Gasteiger charge is 2.54. The van der Waals surface area contributed by atoms with E-state index in [1.165, 1.54) is 32.6 Å². The quantitative estimate of drug-likeness (QED) is 0.732. The van der Waals surface area contributed by atoms with E-state index in [9.17, 15) is 14.9 Å². The standard InChI is InChI=1S/C24H26N4O3/c1-31-22(29)21-20(26)17(12-25)13-28(21)19-4-2-18(3-5-19)27-23(30)24-9-14-6-15(10-24)8-16(7-14)11-24/h2-5,13-16H,6-11,26H2,1H3,(H,27,30). The van der Waals surface area contributed by atoms with Crippen molar-refractivity contribution in [3.63, 3.8) is 0 Å². The molecule has 1 aromatic carbocycles. The van der Waals surface area contributed by atoms with Crippen LogP contribution in [0.3, 0.4) is 0 Å². The second-order valence-corrected chi connectivity index (χ2v) is 9.48. The fourth-order valence-corrected chi connectivity index (χ4v) is 6.48. The van der Waals surface area contributed by atoms with Gasteiger partial charge in [0.15, 0.2) is 5.69 Å². The Hall–Kier alpha value is -3.27. The smallest absolute Gasteiger partial charge is 0.357 e. The molecule has 4 fully saturated rings. The highest BCUT2D eigenvalue weighted by Crippen LogP contribution is 2.60. The van der Waals surface area contributed by atoms with Crippen molar-refractivity contribution in [3.8, 4) is 11.8 Å². The van der Waals surface area contributed by atoms with E-state index >= 15 is 0 Å². The zero-order valence-electron chi connectivity index (χ0n) is 17.6. The van der Waals surface area contributed by atoms with Gasteiger partial charge in [0.1, 0.15) is 6.07 Å². The average Bonchev–Trinajstić information content (AvgIpc) is 3.09. The molecule has 0 aliphatic heterocycles. The summed E-state index contributed by atoms with van der Waals surface area (Å²) >= 11 is 0. The molecule has 1 heterocycles. The van der Waals surface area contributed by atoms with Crippen LogP contribution in [0.15, 0.2) is 30.5 Å². The second-order valence-electron chi connectivity index (χ2n) is 9.48. The number of hydrogen-bond donors (Lipinski definition) is 2. The fourth-order valence-electron chi connectivity index (χ4n) is 6.48. The highest BCUT2D eigenvalue weighted by molar-refractivity contribution is 5.97. The summed E-state index contributed by atoms with van der Waals surface area (Å²) in [5, 5.41) is 12.4. The molecule has 160 valence electrons. The fraction of sp³-hybridized carbons (Fsp3) is 0.458. The molecule has 0 unspecified atom stereocenters. The zero-order chi connectivity index (χ0) is 21.8. The zero-order valence-corrected chi connectivity index (χ0v) is 17.6. The first-order valence-corrected chi connectivity index (χ1v) is 10.8. The van der Waals surface area contributed by atoms with Gasteiger partial charge in [0, 0.05) is 17.6 Å². The molecule has 4 aliphatic rings. The van der Waals surface area contributed by atoms with Crippen molar-refractivity contribution in [1.29, 1.82) is 5.26 Å². The van der Waals surface area contributed by atoms with Gasteiger partial charge in [-0.25, -0.2) is 4.79 Å². The van der Waals surface area contributed by atoms with Crippen LogP contribution in [-0.2, 0) is 9.53 Å². The molecule has 31 heavy (non-hydrogen) atoms. The minimum Gasteiger partial charge on any atom is -0.464 e.